The van der Waals surface area contributed by atoms with Gasteiger partial charge in [0.05, 0.1) is 12.0 Å². The number of pyridine rings is 1. The van der Waals surface area contributed by atoms with Crippen LogP contribution in [0.4, 0.5) is 5.82 Å². The Kier molecular flexibility index (Phi) is 4.29. The van der Waals surface area contributed by atoms with Gasteiger partial charge in [0.15, 0.2) is 5.82 Å². The third kappa shape index (κ3) is 3.24. The predicted octanol–water partition coefficient (Wildman–Crippen LogP) is 3.81. The quantitative estimate of drug-likeness (QED) is 0.572. The van der Waals surface area contributed by atoms with Gasteiger partial charge in [0.1, 0.15) is 17.1 Å². The van der Waals surface area contributed by atoms with Gasteiger partial charge in [0.2, 0.25) is 0 Å². The smallest absolute Gasteiger partial charge is 0.263 e. The molecule has 2 aromatic carbocycles. The zero-order valence-corrected chi connectivity index (χ0v) is 15.3. The van der Waals surface area contributed by atoms with Gasteiger partial charge in [0, 0.05) is 11.8 Å². The maximum atomic E-state index is 12.9. The molecule has 0 fully saturated rings. The molecule has 4 rings (SSSR count). The summed E-state index contributed by atoms with van der Waals surface area (Å²) in [5.41, 5.74) is 2.05. The molecule has 0 aliphatic carbocycles. The Morgan fingerprint density at radius 1 is 0.926 bits per heavy atom. The second-order valence-corrected chi connectivity index (χ2v) is 7.57. The number of anilines is 1. The van der Waals surface area contributed by atoms with Gasteiger partial charge in [-0.3, -0.25) is 9.12 Å². The summed E-state index contributed by atoms with van der Waals surface area (Å²) in [4.78, 5) is 4.75. The van der Waals surface area contributed by atoms with Crippen molar-refractivity contribution >= 4 is 21.5 Å². The van der Waals surface area contributed by atoms with Crippen molar-refractivity contribution in [3.63, 3.8) is 0 Å². The van der Waals surface area contributed by atoms with Gasteiger partial charge in [-0.25, -0.2) is 13.4 Å². The van der Waals surface area contributed by atoms with Crippen LogP contribution in [0, 0.1) is 0 Å². The zero-order valence-electron chi connectivity index (χ0n) is 14.5. The predicted molar refractivity (Wildman–Crippen MR) is 104 cm³/mol. The highest BCUT2D eigenvalue weighted by Crippen LogP contribution is 2.30. The first-order valence-corrected chi connectivity index (χ1v) is 9.76. The van der Waals surface area contributed by atoms with Crippen molar-refractivity contribution in [1.82, 2.24) is 9.38 Å². The third-order valence-corrected chi connectivity index (χ3v) is 5.53. The minimum Gasteiger partial charge on any atom is -0.497 e. The molecule has 7 heteroatoms. The van der Waals surface area contributed by atoms with Crippen LogP contribution in [-0.2, 0) is 10.0 Å². The van der Waals surface area contributed by atoms with Gasteiger partial charge in [0.25, 0.3) is 10.0 Å². The van der Waals surface area contributed by atoms with E-state index in [1.807, 2.05) is 48.5 Å². The molecular formula is C20H17N3O3S. The first-order chi connectivity index (χ1) is 13.1. The second-order valence-electron chi connectivity index (χ2n) is 5.88. The molecule has 0 bridgehead atoms. The topological polar surface area (TPSA) is 72.7 Å². The minimum absolute atomic E-state index is 0.146. The molecule has 4 aromatic rings. The van der Waals surface area contributed by atoms with Crippen LogP contribution in [0.15, 0.2) is 83.9 Å². The molecule has 0 aliphatic heterocycles. The number of ether oxygens (including phenoxy) is 1. The molecule has 1 N–H and O–H groups in total. The van der Waals surface area contributed by atoms with Crippen molar-refractivity contribution in [2.24, 2.45) is 0 Å². The van der Waals surface area contributed by atoms with Crippen molar-refractivity contribution in [2.75, 3.05) is 11.8 Å². The summed E-state index contributed by atoms with van der Waals surface area (Å²) < 4.78 is 35.4. The van der Waals surface area contributed by atoms with Crippen LogP contribution in [0.25, 0.3) is 16.9 Å². The Bertz CT molecular complexity index is 1180. The molecule has 0 spiro atoms. The molecule has 2 aromatic heterocycles. The minimum atomic E-state index is -3.80. The van der Waals surface area contributed by atoms with Crippen molar-refractivity contribution < 1.29 is 13.2 Å². The number of hydrogen-bond donors (Lipinski definition) is 1. The SMILES string of the molecule is COc1ccc(S(=O)(=O)Nc2c(-c3ccccc3)nc3ccccn23)cc1. The summed E-state index contributed by atoms with van der Waals surface area (Å²) in [5, 5.41) is 0. The fourth-order valence-corrected chi connectivity index (χ4v) is 3.89. The number of nitrogens with one attached hydrogen (secondary N) is 1. The van der Waals surface area contributed by atoms with Crippen LogP contribution < -0.4 is 9.46 Å². The highest BCUT2D eigenvalue weighted by molar-refractivity contribution is 7.92. The Labute approximate surface area is 157 Å². The van der Waals surface area contributed by atoms with E-state index in [0.717, 1.165) is 5.56 Å². The molecule has 0 saturated heterocycles. The Morgan fingerprint density at radius 2 is 1.63 bits per heavy atom. The molecule has 2 heterocycles. The molecule has 0 aliphatic rings. The van der Waals surface area contributed by atoms with Gasteiger partial charge >= 0.3 is 0 Å². The summed E-state index contributed by atoms with van der Waals surface area (Å²) in [6.45, 7) is 0. The molecule has 0 saturated carbocycles. The number of benzene rings is 2. The number of aromatic nitrogens is 2. The third-order valence-electron chi connectivity index (χ3n) is 4.18. The Hall–Kier alpha value is -3.32. The summed E-state index contributed by atoms with van der Waals surface area (Å²) >= 11 is 0. The van der Waals surface area contributed by atoms with E-state index in [1.165, 1.54) is 19.2 Å². The molecule has 136 valence electrons. The number of imidazole rings is 1. The maximum absolute atomic E-state index is 12.9. The largest absolute Gasteiger partial charge is 0.497 e. The molecule has 0 amide bonds. The van der Waals surface area contributed by atoms with E-state index in [1.54, 1.807) is 22.7 Å². The number of nitrogens with zero attached hydrogens (tertiary/aromatic N) is 2. The van der Waals surface area contributed by atoms with Crippen molar-refractivity contribution in [1.29, 1.82) is 0 Å². The lowest BCUT2D eigenvalue weighted by atomic mass is 10.1. The van der Waals surface area contributed by atoms with E-state index in [-0.39, 0.29) is 4.90 Å². The van der Waals surface area contributed by atoms with E-state index in [4.69, 9.17) is 4.74 Å². The first-order valence-electron chi connectivity index (χ1n) is 8.28. The summed E-state index contributed by atoms with van der Waals surface area (Å²) in [6, 6.07) is 21.2. The fraction of sp³-hybridized carbons (Fsp3) is 0.0500. The first kappa shape index (κ1) is 17.1. The molecule has 0 radical (unpaired) electrons. The number of methoxy groups -OCH3 is 1. The highest BCUT2D eigenvalue weighted by Gasteiger charge is 2.21. The number of hydrogen-bond acceptors (Lipinski definition) is 4. The lowest BCUT2D eigenvalue weighted by Crippen LogP contribution is -2.15. The van der Waals surface area contributed by atoms with E-state index in [0.29, 0.717) is 22.9 Å². The summed E-state index contributed by atoms with van der Waals surface area (Å²) in [5.74, 6) is 0.987. The van der Waals surface area contributed by atoms with Gasteiger partial charge in [-0.1, -0.05) is 36.4 Å². The van der Waals surface area contributed by atoms with E-state index in [2.05, 4.69) is 9.71 Å². The number of fused-ring (bicyclic) bond motifs is 1. The highest BCUT2D eigenvalue weighted by atomic mass is 32.2. The number of rotatable bonds is 5. The van der Waals surface area contributed by atoms with Crippen LogP contribution in [0.3, 0.4) is 0 Å². The molecule has 27 heavy (non-hydrogen) atoms. The van der Waals surface area contributed by atoms with Crippen LogP contribution in [0.2, 0.25) is 0 Å². The van der Waals surface area contributed by atoms with Gasteiger partial charge in [-0.15, -0.1) is 0 Å². The van der Waals surface area contributed by atoms with Gasteiger partial charge in [-0.05, 0) is 36.4 Å². The fourth-order valence-electron chi connectivity index (χ4n) is 2.83. The van der Waals surface area contributed by atoms with E-state index in [9.17, 15) is 8.42 Å². The van der Waals surface area contributed by atoms with E-state index < -0.39 is 10.0 Å². The Morgan fingerprint density at radius 3 is 2.33 bits per heavy atom. The normalized spacial score (nSPS) is 11.4. The van der Waals surface area contributed by atoms with Crippen LogP contribution >= 0.6 is 0 Å². The number of sulfonamides is 1. The zero-order chi connectivity index (χ0) is 18.9. The lowest BCUT2D eigenvalue weighted by molar-refractivity contribution is 0.414. The van der Waals surface area contributed by atoms with Crippen LogP contribution in [0.5, 0.6) is 5.75 Å². The molecule has 0 unspecified atom stereocenters. The van der Waals surface area contributed by atoms with Crippen molar-refractivity contribution in [2.45, 2.75) is 4.90 Å². The monoisotopic (exact) mass is 379 g/mol. The van der Waals surface area contributed by atoms with Gasteiger partial charge < -0.3 is 4.74 Å². The Balaban J connectivity index is 1.83. The molecule has 0 atom stereocenters. The molecule has 6 nitrogen and oxygen atoms in total. The van der Waals surface area contributed by atoms with Crippen molar-refractivity contribution in [3.8, 4) is 17.0 Å². The van der Waals surface area contributed by atoms with Crippen molar-refractivity contribution in [3.05, 3.63) is 79.0 Å². The second kappa shape index (κ2) is 6.77. The lowest BCUT2D eigenvalue weighted by Gasteiger charge is -2.10. The van der Waals surface area contributed by atoms with Gasteiger partial charge in [-0.2, -0.15) is 0 Å². The molecular weight excluding hydrogens is 362 g/mol. The standard InChI is InChI=1S/C20H17N3O3S/c1-26-16-10-12-17(13-11-16)27(24,25)22-20-19(15-7-3-2-4-8-15)21-18-9-5-6-14-23(18)20/h2-14,22H,1H3. The van der Waals surface area contributed by atoms with Crippen LogP contribution in [0.1, 0.15) is 0 Å². The maximum Gasteiger partial charge on any atom is 0.263 e. The van der Waals surface area contributed by atoms with E-state index >= 15 is 0 Å². The summed E-state index contributed by atoms with van der Waals surface area (Å²) in [6.07, 6.45) is 1.78. The summed E-state index contributed by atoms with van der Waals surface area (Å²) in [7, 11) is -2.26. The average Bonchev–Trinajstić information content (AvgIpc) is 3.07. The average molecular weight is 379 g/mol. The van der Waals surface area contributed by atoms with Crippen LogP contribution in [-0.4, -0.2) is 24.9 Å².